The third-order valence-electron chi connectivity index (χ3n) is 6.38. The van der Waals surface area contributed by atoms with Gasteiger partial charge in [0.15, 0.2) is 5.60 Å². The number of hydrogen-bond acceptors (Lipinski definition) is 5. The second kappa shape index (κ2) is 7.15. The molecule has 2 saturated heterocycles. The van der Waals surface area contributed by atoms with E-state index in [1.807, 2.05) is 6.92 Å². The first kappa shape index (κ1) is 21.5. The van der Waals surface area contributed by atoms with Gasteiger partial charge < -0.3 is 14.6 Å². The van der Waals surface area contributed by atoms with Crippen LogP contribution in [-0.2, 0) is 31.2 Å². The summed E-state index contributed by atoms with van der Waals surface area (Å²) in [5.74, 6) is 0. The van der Waals surface area contributed by atoms with Crippen molar-refractivity contribution in [3.8, 4) is 0 Å². The second-order valence-corrected chi connectivity index (χ2v) is 12.0. The summed E-state index contributed by atoms with van der Waals surface area (Å²) in [5, 5.41) is 17.4. The van der Waals surface area contributed by atoms with E-state index >= 15 is 0 Å². The van der Waals surface area contributed by atoms with Crippen molar-refractivity contribution in [3.63, 3.8) is 0 Å². The van der Waals surface area contributed by atoms with Crippen molar-refractivity contribution in [2.24, 2.45) is 0 Å². The lowest BCUT2D eigenvalue weighted by Crippen LogP contribution is -2.46. The Morgan fingerprint density at radius 2 is 2.03 bits per heavy atom. The van der Waals surface area contributed by atoms with Crippen LogP contribution < -0.4 is 0 Å². The van der Waals surface area contributed by atoms with Gasteiger partial charge in [0.1, 0.15) is 6.10 Å². The monoisotopic (exact) mass is 446 g/mol. The van der Waals surface area contributed by atoms with E-state index in [9.17, 15) is 22.5 Å². The normalized spacial score (nSPS) is 27.5. The smallest absolute Gasteiger partial charge is 0.379 e. The Labute approximate surface area is 173 Å². The molecule has 2 N–H and O–H groups in total. The van der Waals surface area contributed by atoms with Crippen LogP contribution in [0.3, 0.4) is 0 Å². The summed E-state index contributed by atoms with van der Waals surface area (Å²) in [6, 6.07) is 6.50. The van der Waals surface area contributed by atoms with Crippen LogP contribution in [0.4, 0.5) is 13.2 Å². The minimum Gasteiger partial charge on any atom is -0.379 e. The van der Waals surface area contributed by atoms with E-state index in [4.69, 9.17) is 9.47 Å². The number of aliphatic hydroxyl groups is 1. The van der Waals surface area contributed by atoms with E-state index in [-0.39, 0.29) is 18.1 Å². The first-order chi connectivity index (χ1) is 13.9. The van der Waals surface area contributed by atoms with Crippen molar-refractivity contribution in [2.75, 3.05) is 26.1 Å². The highest BCUT2D eigenvalue weighted by atomic mass is 32.2. The molecule has 3 heterocycles. The van der Waals surface area contributed by atoms with Gasteiger partial charge in [0, 0.05) is 16.2 Å². The van der Waals surface area contributed by atoms with Crippen molar-refractivity contribution < 1.29 is 32.0 Å². The molecule has 10 heteroatoms. The molecule has 2 aliphatic rings. The van der Waals surface area contributed by atoms with Crippen molar-refractivity contribution in [1.82, 2.24) is 10.2 Å². The molecule has 2 aromatic rings. The summed E-state index contributed by atoms with van der Waals surface area (Å²) in [6.45, 7) is 2.49. The third kappa shape index (κ3) is 3.59. The topological polar surface area (TPSA) is 84.4 Å². The van der Waals surface area contributed by atoms with Crippen LogP contribution in [0.1, 0.15) is 42.8 Å². The number of thiol groups is 1. The van der Waals surface area contributed by atoms with Gasteiger partial charge >= 0.3 is 6.18 Å². The van der Waals surface area contributed by atoms with Crippen molar-refractivity contribution in [3.05, 3.63) is 47.3 Å². The molecule has 1 aromatic carbocycles. The van der Waals surface area contributed by atoms with E-state index in [1.165, 1.54) is 12.1 Å². The van der Waals surface area contributed by atoms with Crippen LogP contribution in [0.2, 0.25) is 0 Å². The maximum atomic E-state index is 13.9. The van der Waals surface area contributed by atoms with Gasteiger partial charge in [-0.1, -0.05) is 16.0 Å². The number of alkyl halides is 3. The maximum absolute atomic E-state index is 13.9. The van der Waals surface area contributed by atoms with Crippen molar-refractivity contribution in [2.45, 2.75) is 47.3 Å². The van der Waals surface area contributed by atoms with Crippen LogP contribution in [0.15, 0.2) is 35.2 Å². The van der Waals surface area contributed by atoms with Crippen LogP contribution >= 0.6 is 0 Å². The van der Waals surface area contributed by atoms with E-state index in [1.54, 1.807) is 12.3 Å². The van der Waals surface area contributed by atoms with E-state index in [0.29, 0.717) is 30.8 Å². The number of nitrogens with zero attached hydrogens (tertiary/aromatic N) is 1. The van der Waals surface area contributed by atoms with Crippen molar-refractivity contribution in [1.29, 1.82) is 0 Å². The Kier molecular flexibility index (Phi) is 5.12. The van der Waals surface area contributed by atoms with Gasteiger partial charge in [0.05, 0.1) is 30.2 Å². The van der Waals surface area contributed by atoms with E-state index in [2.05, 4.69) is 10.2 Å². The number of ether oxygens (including phenoxy) is 2. The zero-order valence-corrected chi connectivity index (χ0v) is 17.6. The van der Waals surface area contributed by atoms with Gasteiger partial charge in [0.25, 0.3) is 0 Å². The van der Waals surface area contributed by atoms with Crippen molar-refractivity contribution >= 4 is 9.93 Å². The van der Waals surface area contributed by atoms with Crippen LogP contribution in [-0.4, -0.2) is 50.3 Å². The average Bonchev–Trinajstić information content (AvgIpc) is 3.16. The highest BCUT2D eigenvalue weighted by Crippen LogP contribution is 2.45. The number of aromatic nitrogens is 2. The number of aromatic amines is 1. The molecule has 0 aliphatic carbocycles. The molecule has 1 aromatic heterocycles. The van der Waals surface area contributed by atoms with Crippen LogP contribution in [0.25, 0.3) is 0 Å². The second-order valence-electron chi connectivity index (χ2n) is 8.52. The summed E-state index contributed by atoms with van der Waals surface area (Å²) in [7, 11) is -3.19. The number of rotatable bonds is 4. The number of nitrogens with one attached hydrogen (secondary N) is 1. The lowest BCUT2D eigenvalue weighted by molar-refractivity contribution is -0.186. The van der Waals surface area contributed by atoms with Gasteiger partial charge in [-0.05, 0) is 50.3 Å². The molecule has 0 saturated carbocycles. The highest BCUT2D eigenvalue weighted by molar-refractivity contribution is 8.03. The molecular weight excluding hydrogens is 421 g/mol. The minimum atomic E-state index is -4.49. The van der Waals surface area contributed by atoms with Gasteiger partial charge in [-0.15, -0.1) is 0 Å². The predicted molar refractivity (Wildman–Crippen MR) is 105 cm³/mol. The number of H-pyrrole nitrogens is 1. The zero-order chi connectivity index (χ0) is 21.8. The molecular formula is C20H25F3N2O4S. The average molecular weight is 446 g/mol. The first-order valence-corrected chi connectivity index (χ1v) is 11.8. The zero-order valence-electron chi connectivity index (χ0n) is 16.7. The largest absolute Gasteiger partial charge is 0.416 e. The predicted octanol–water partition coefficient (Wildman–Crippen LogP) is 2.96. The number of hydrogen-bond donors (Lipinski definition) is 3. The Hall–Kier alpha value is -1.75. The summed E-state index contributed by atoms with van der Waals surface area (Å²) in [4.78, 5) is 0.215. The molecule has 30 heavy (non-hydrogen) atoms. The SMILES string of the molecule is CC1([SH](C)(=O)c2cccc(C(F)(F)F)c2)CCOC(c2cc(C3(O)COC3)n[nH]2)C1. The highest BCUT2D eigenvalue weighted by Gasteiger charge is 2.45. The molecule has 0 amide bonds. The lowest BCUT2D eigenvalue weighted by atomic mass is 9.93. The van der Waals surface area contributed by atoms with Gasteiger partial charge in [-0.25, -0.2) is 0 Å². The fraction of sp³-hybridized carbons (Fsp3) is 0.550. The van der Waals surface area contributed by atoms with E-state index < -0.39 is 38.1 Å². The van der Waals surface area contributed by atoms with Crippen LogP contribution in [0.5, 0.6) is 0 Å². The molecule has 0 radical (unpaired) electrons. The van der Waals surface area contributed by atoms with Gasteiger partial charge in [-0.3, -0.25) is 9.31 Å². The Bertz CT molecular complexity index is 988. The molecule has 2 unspecified atom stereocenters. The Morgan fingerprint density at radius 1 is 1.30 bits per heavy atom. The molecule has 4 rings (SSSR count). The summed E-state index contributed by atoms with van der Waals surface area (Å²) < 4.78 is 63.5. The molecule has 2 aliphatic heterocycles. The van der Waals surface area contributed by atoms with E-state index in [0.717, 1.165) is 12.1 Å². The molecule has 6 nitrogen and oxygen atoms in total. The molecule has 166 valence electrons. The quantitative estimate of drug-likeness (QED) is 0.629. The van der Waals surface area contributed by atoms with Gasteiger partial charge in [0.2, 0.25) is 0 Å². The number of benzene rings is 1. The summed E-state index contributed by atoms with van der Waals surface area (Å²) >= 11 is 0. The maximum Gasteiger partial charge on any atom is 0.416 e. The Morgan fingerprint density at radius 3 is 2.67 bits per heavy atom. The fourth-order valence-corrected chi connectivity index (χ4v) is 6.42. The summed E-state index contributed by atoms with van der Waals surface area (Å²) in [5.41, 5.74) is -0.828. The summed E-state index contributed by atoms with van der Waals surface area (Å²) in [6.07, 6.45) is -2.57. The Balaban J connectivity index is 1.60. The van der Waals surface area contributed by atoms with Gasteiger partial charge in [-0.2, -0.15) is 18.3 Å². The fourth-order valence-electron chi connectivity index (χ4n) is 4.01. The minimum absolute atomic E-state index is 0.167. The molecule has 0 bridgehead atoms. The standard InChI is InChI=1S/C20H25F3N2O4S/c1-18(30(2,27)14-5-3-4-13(8-14)20(21,22)23)6-7-29-16(10-18)15-9-17(25-24-15)19(26)11-28-12-19/h3-5,8-9,16,26,30H,6-7,10-12H2,1-2H3,(H,24,25). The molecule has 2 atom stereocenters. The number of halogens is 3. The lowest BCUT2D eigenvalue weighted by Gasteiger charge is -2.45. The molecule has 2 fully saturated rings. The first-order valence-electron chi connectivity index (χ1n) is 9.68. The molecule has 0 spiro atoms. The third-order valence-corrected chi connectivity index (χ3v) is 10.1. The van der Waals surface area contributed by atoms with Crippen LogP contribution in [0, 0.1) is 0 Å².